The quantitative estimate of drug-likeness (QED) is 0.0285. The van der Waals surface area contributed by atoms with E-state index in [1.807, 2.05) is 33.8 Å². The first kappa shape index (κ1) is 56.4. The van der Waals surface area contributed by atoms with Crippen molar-refractivity contribution in [3.63, 3.8) is 0 Å². The van der Waals surface area contributed by atoms with Gasteiger partial charge >= 0.3 is 5.97 Å². The van der Waals surface area contributed by atoms with Gasteiger partial charge in [-0.05, 0) is 55.1 Å². The largest absolute Gasteiger partial charge is 0.480 e. The number of nitrogens with one attached hydrogen (secondary N) is 10. The van der Waals surface area contributed by atoms with Gasteiger partial charge in [-0.1, -0.05) is 53.7 Å². The van der Waals surface area contributed by atoms with E-state index in [2.05, 4.69) is 67.5 Å². The summed E-state index contributed by atoms with van der Waals surface area (Å²) >= 11 is 0. The van der Waals surface area contributed by atoms with Gasteiger partial charge in [0.15, 0.2) is 5.96 Å². The second-order valence-electron chi connectivity index (χ2n) is 21.1. The number of guanidine groups is 1. The molecule has 9 atom stereocenters. The van der Waals surface area contributed by atoms with E-state index in [1.54, 1.807) is 36.7 Å². The zero-order chi connectivity index (χ0) is 55.8. The van der Waals surface area contributed by atoms with Gasteiger partial charge in [0.25, 0.3) is 0 Å². The molecule has 15 N–H and O–H groups in total. The molecule has 9 unspecified atom stereocenters. The van der Waals surface area contributed by atoms with Crippen molar-refractivity contribution >= 4 is 70.1 Å². The zero-order valence-corrected chi connectivity index (χ0v) is 43.9. The monoisotopic (exact) mass is 1070 g/mol. The van der Waals surface area contributed by atoms with E-state index in [0.29, 0.717) is 33.5 Å². The van der Waals surface area contributed by atoms with E-state index in [9.17, 15) is 43.5 Å². The number of rotatable bonds is 15. The molecular formula is C51H70N16O10. The molecule has 3 aromatic heterocycles. The lowest BCUT2D eigenvalue weighted by atomic mass is 9.81. The number of nitrogens with two attached hydrogens (primary N) is 2. The van der Waals surface area contributed by atoms with Crippen LogP contribution in [0.2, 0.25) is 0 Å². The summed E-state index contributed by atoms with van der Waals surface area (Å²) in [6.07, 6.45) is 5.80. The Labute approximate surface area is 443 Å². The fourth-order valence-electron chi connectivity index (χ4n) is 10.1. The van der Waals surface area contributed by atoms with Crippen LogP contribution in [0.4, 0.5) is 0 Å². The molecule has 4 aliphatic rings. The van der Waals surface area contributed by atoms with Crippen molar-refractivity contribution in [2.45, 2.75) is 147 Å². The number of nitrogens with zero attached hydrogens (tertiary/aromatic N) is 4. The van der Waals surface area contributed by atoms with Crippen molar-refractivity contribution in [1.82, 2.24) is 67.0 Å². The van der Waals surface area contributed by atoms with Crippen molar-refractivity contribution in [2.24, 2.45) is 34.2 Å². The number of hydrogen-bond donors (Lipinski definition) is 13. The minimum atomic E-state index is -1.45. The van der Waals surface area contributed by atoms with Gasteiger partial charge in [0, 0.05) is 72.7 Å². The lowest BCUT2D eigenvalue weighted by Crippen LogP contribution is -2.62. The Bertz CT molecular complexity index is 2890. The number of imidazole rings is 2. The third kappa shape index (κ3) is 13.9. The molecule has 414 valence electrons. The Balaban J connectivity index is 1.39. The van der Waals surface area contributed by atoms with Crippen LogP contribution in [-0.4, -0.2) is 144 Å². The lowest BCUT2D eigenvalue weighted by Gasteiger charge is -2.33. The van der Waals surface area contributed by atoms with Crippen LogP contribution >= 0.6 is 0 Å². The summed E-state index contributed by atoms with van der Waals surface area (Å²) in [5, 5.41) is 33.0. The summed E-state index contributed by atoms with van der Waals surface area (Å²) < 4.78 is 1.62. The van der Waals surface area contributed by atoms with Crippen LogP contribution < -0.4 is 54.0 Å². The maximum absolute atomic E-state index is 15.0. The van der Waals surface area contributed by atoms with Gasteiger partial charge in [0.2, 0.25) is 47.3 Å². The smallest absolute Gasteiger partial charge is 0.326 e. The number of H-pyrrole nitrogens is 2. The molecule has 1 fully saturated rings. The Kier molecular flexibility index (Phi) is 18.0. The number of carboxylic acid groups (broad SMARTS) is 1. The molecule has 4 aliphatic heterocycles. The van der Waals surface area contributed by atoms with Crippen LogP contribution in [0.15, 0.2) is 48.2 Å². The van der Waals surface area contributed by atoms with Crippen LogP contribution in [0, 0.1) is 17.8 Å². The molecule has 0 saturated carbocycles. The number of aromatic nitrogens is 5. The molecule has 7 bridgehead atoms. The van der Waals surface area contributed by atoms with Crippen molar-refractivity contribution in [3.05, 3.63) is 65.8 Å². The van der Waals surface area contributed by atoms with Crippen LogP contribution in [0.3, 0.4) is 0 Å². The average molecular weight is 1070 g/mol. The van der Waals surface area contributed by atoms with E-state index in [-0.39, 0.29) is 87.3 Å². The van der Waals surface area contributed by atoms with Crippen LogP contribution in [0.5, 0.6) is 0 Å². The molecule has 1 saturated heterocycles. The number of carboxylic acids is 1. The van der Waals surface area contributed by atoms with Gasteiger partial charge in [0.1, 0.15) is 60.5 Å². The number of benzene rings is 1. The summed E-state index contributed by atoms with van der Waals surface area (Å²) in [5.41, 5.74) is 13.5. The third-order valence-electron chi connectivity index (χ3n) is 14.0. The molecular weight excluding hydrogens is 997 g/mol. The molecule has 7 heterocycles. The van der Waals surface area contributed by atoms with Crippen molar-refractivity contribution in [2.75, 3.05) is 6.54 Å². The Morgan fingerprint density at radius 1 is 0.844 bits per heavy atom. The zero-order valence-electron chi connectivity index (χ0n) is 43.9. The number of fused-ring (bicyclic) bond motifs is 13. The van der Waals surface area contributed by atoms with Gasteiger partial charge in [0.05, 0.1) is 12.0 Å². The summed E-state index contributed by atoms with van der Waals surface area (Å²) in [6.45, 7) is 10.9. The van der Waals surface area contributed by atoms with Gasteiger partial charge in [-0.3, -0.25) is 47.9 Å². The highest BCUT2D eigenvalue weighted by atomic mass is 16.4. The normalized spacial score (nSPS) is 23.9. The Morgan fingerprint density at radius 2 is 1.58 bits per heavy atom. The van der Waals surface area contributed by atoms with Gasteiger partial charge in [-0.2, -0.15) is 0 Å². The molecule has 8 rings (SSSR count). The molecule has 77 heavy (non-hydrogen) atoms. The SMILES string of the molecule is CC(C)CC1NC(=O)C(NC(=O)C2CCC(=O)N2)C(C(C)C)c2ccc3c4c([nH]c3c2)-n2cnc(c2)CC(C(=O)NC(Cc2cnc[nH]2)C(=O)O)NC(=O)C(CCCN=C(N)N)NC(=O)C(C4)NC(=O)C(C(C)C)NC1=O. The van der Waals surface area contributed by atoms with Gasteiger partial charge in [-0.25, -0.2) is 14.8 Å². The van der Waals surface area contributed by atoms with Crippen LogP contribution in [-0.2, 0) is 62.4 Å². The molecule has 0 radical (unpaired) electrons. The van der Waals surface area contributed by atoms with Crippen molar-refractivity contribution < 1.29 is 48.3 Å². The lowest BCUT2D eigenvalue weighted by molar-refractivity contribution is -0.142. The van der Waals surface area contributed by atoms with E-state index >= 15 is 4.79 Å². The maximum Gasteiger partial charge on any atom is 0.326 e. The highest BCUT2D eigenvalue weighted by Gasteiger charge is 2.41. The number of carbonyl (C=O) groups is 9. The van der Waals surface area contributed by atoms with E-state index in [1.165, 1.54) is 18.9 Å². The molecule has 8 amide bonds. The predicted octanol–water partition coefficient (Wildman–Crippen LogP) is -1.32. The van der Waals surface area contributed by atoms with E-state index in [4.69, 9.17) is 11.5 Å². The minimum absolute atomic E-state index is 0.0512. The molecule has 1 aromatic carbocycles. The topological polar surface area (TPSA) is 397 Å². The fraction of sp³-hybridized carbons (Fsp3) is 0.529. The van der Waals surface area contributed by atoms with Crippen LogP contribution in [0.1, 0.15) is 102 Å². The number of aliphatic carboxylic acids is 1. The molecule has 0 spiro atoms. The first-order valence-corrected chi connectivity index (χ1v) is 25.9. The Morgan fingerprint density at radius 3 is 2.23 bits per heavy atom. The molecule has 26 heteroatoms. The van der Waals surface area contributed by atoms with E-state index in [0.717, 1.165) is 0 Å². The first-order chi connectivity index (χ1) is 36.6. The number of hydrogen-bond acceptors (Lipinski definition) is 12. The fourth-order valence-corrected chi connectivity index (χ4v) is 10.1. The van der Waals surface area contributed by atoms with E-state index < -0.39 is 107 Å². The summed E-state index contributed by atoms with van der Waals surface area (Å²) in [5.74, 6) is -8.50. The highest BCUT2D eigenvalue weighted by molar-refractivity contribution is 5.99. The summed E-state index contributed by atoms with van der Waals surface area (Å²) in [4.78, 5) is 146. The highest BCUT2D eigenvalue weighted by Crippen LogP contribution is 2.35. The third-order valence-corrected chi connectivity index (χ3v) is 14.0. The first-order valence-electron chi connectivity index (χ1n) is 25.9. The molecule has 4 aromatic rings. The molecule has 26 nitrogen and oxygen atoms in total. The van der Waals surface area contributed by atoms with Gasteiger partial charge < -0.3 is 69.1 Å². The Hall–Kier alpha value is -8.32. The summed E-state index contributed by atoms with van der Waals surface area (Å²) in [7, 11) is 0. The van der Waals surface area contributed by atoms with Crippen molar-refractivity contribution in [1.29, 1.82) is 0 Å². The van der Waals surface area contributed by atoms with Crippen molar-refractivity contribution in [3.8, 4) is 5.82 Å². The maximum atomic E-state index is 15.0. The molecule has 0 aliphatic carbocycles. The minimum Gasteiger partial charge on any atom is -0.480 e. The summed E-state index contributed by atoms with van der Waals surface area (Å²) in [6, 6.07) is -4.98. The van der Waals surface area contributed by atoms with Gasteiger partial charge in [-0.15, -0.1) is 0 Å². The number of amides is 8. The number of aromatic amines is 2. The second kappa shape index (κ2) is 24.6. The standard InChI is InChI=1S/C51H70N16O10/c1-23(2)14-34-47(73)65-40(25(5)6)48(74)63-36-18-30-29-10-9-26(39(24(3)4)41(49(75)62-34)66-44(70)32-11-12-38(68)58-32)15-33(29)59-42(30)67-20-28(57-22-67)17-35(45(71)64-37(50(76)77)16-27-19-54-21-56-27)61-43(69)31(60-46(36)72)8-7-13-55-51(52)53/h9-10,15,19-25,31-32,34-37,39-41,59H,7-8,11-14,16-18H2,1-6H3,(H,54,56)(H,58,68)(H,60,72)(H,61,69)(H,62,75)(H,63,74)(H,64,71)(H,65,73)(H,66,70)(H,76,77)(H4,52,53,55). The number of aliphatic imine (C=N–C) groups is 1. The average Bonchev–Trinajstić information content (AvgIpc) is 4.23. The number of carbonyl (C=O) groups excluding carboxylic acids is 8. The predicted molar refractivity (Wildman–Crippen MR) is 279 cm³/mol. The van der Waals surface area contributed by atoms with Crippen LogP contribution in [0.25, 0.3) is 16.7 Å². The second-order valence-corrected chi connectivity index (χ2v) is 21.1.